The van der Waals surface area contributed by atoms with Crippen LogP contribution < -0.4 is 15.4 Å². The van der Waals surface area contributed by atoms with Crippen LogP contribution in [0.4, 0.5) is 4.39 Å². The molecule has 0 spiro atoms. The molecule has 0 radical (unpaired) electrons. The largest absolute Gasteiger partial charge is 0.496 e. The Morgan fingerprint density at radius 2 is 2.32 bits per heavy atom. The highest BCUT2D eigenvalue weighted by molar-refractivity contribution is 5.36. The zero-order valence-electron chi connectivity index (χ0n) is 11.7. The maximum absolute atomic E-state index is 13.5. The maximum atomic E-state index is 13.5. The van der Waals surface area contributed by atoms with E-state index in [0.717, 1.165) is 24.3 Å². The monoisotopic (exact) mass is 266 g/mol. The molecule has 1 aliphatic rings. The van der Waals surface area contributed by atoms with Gasteiger partial charge in [0.2, 0.25) is 0 Å². The van der Waals surface area contributed by atoms with Crippen LogP contribution in [-0.4, -0.2) is 26.7 Å². The Balaban J connectivity index is 2.13. The van der Waals surface area contributed by atoms with Crippen LogP contribution in [0.25, 0.3) is 0 Å². The van der Waals surface area contributed by atoms with E-state index in [9.17, 15) is 4.39 Å². The molecule has 0 bridgehead atoms. The minimum Gasteiger partial charge on any atom is -0.496 e. The van der Waals surface area contributed by atoms with Gasteiger partial charge in [0.05, 0.1) is 7.11 Å². The van der Waals surface area contributed by atoms with Gasteiger partial charge in [-0.15, -0.1) is 0 Å². The van der Waals surface area contributed by atoms with Crippen LogP contribution >= 0.6 is 0 Å². The van der Waals surface area contributed by atoms with Crippen molar-refractivity contribution in [3.8, 4) is 5.75 Å². The topological polar surface area (TPSA) is 33.3 Å². The van der Waals surface area contributed by atoms with Gasteiger partial charge >= 0.3 is 0 Å². The van der Waals surface area contributed by atoms with E-state index in [1.807, 2.05) is 7.05 Å². The lowest BCUT2D eigenvalue weighted by Gasteiger charge is -2.28. The summed E-state index contributed by atoms with van der Waals surface area (Å²) in [5.74, 6) is 0.532. The van der Waals surface area contributed by atoms with Crippen molar-refractivity contribution < 1.29 is 9.13 Å². The van der Waals surface area contributed by atoms with E-state index >= 15 is 0 Å². The first-order chi connectivity index (χ1) is 9.24. The van der Waals surface area contributed by atoms with E-state index in [1.165, 1.54) is 25.3 Å². The Kier molecular flexibility index (Phi) is 5.16. The normalized spacial score (nSPS) is 21.1. The van der Waals surface area contributed by atoms with E-state index < -0.39 is 0 Å². The first kappa shape index (κ1) is 14.3. The third-order valence-electron chi connectivity index (χ3n) is 3.85. The van der Waals surface area contributed by atoms with Gasteiger partial charge in [-0.05, 0) is 51.1 Å². The Bertz CT molecular complexity index is 405. The summed E-state index contributed by atoms with van der Waals surface area (Å²) in [6.07, 6.45) is 4.67. The van der Waals surface area contributed by atoms with Crippen molar-refractivity contribution in [2.24, 2.45) is 0 Å². The molecule has 1 aliphatic heterocycles. The lowest BCUT2D eigenvalue weighted by Crippen LogP contribution is -2.37. The molecule has 2 N–H and O–H groups in total. The molecule has 2 unspecified atom stereocenters. The summed E-state index contributed by atoms with van der Waals surface area (Å²) in [5, 5.41) is 6.81. The molecule has 0 amide bonds. The number of nitrogens with one attached hydrogen (secondary N) is 2. The molecule has 1 aromatic rings. The van der Waals surface area contributed by atoms with Crippen molar-refractivity contribution in [1.82, 2.24) is 10.6 Å². The Hall–Kier alpha value is -1.13. The molecule has 0 aliphatic carbocycles. The third-order valence-corrected chi connectivity index (χ3v) is 3.85. The minimum absolute atomic E-state index is 0.112. The lowest BCUT2D eigenvalue weighted by atomic mass is 9.93. The zero-order chi connectivity index (χ0) is 13.7. The maximum Gasteiger partial charge on any atom is 0.123 e. The molecule has 0 saturated carbocycles. The second-order valence-corrected chi connectivity index (χ2v) is 5.11. The fourth-order valence-electron chi connectivity index (χ4n) is 2.79. The van der Waals surface area contributed by atoms with Gasteiger partial charge < -0.3 is 15.4 Å². The molecule has 1 aromatic carbocycles. The highest BCUT2D eigenvalue weighted by atomic mass is 19.1. The first-order valence-corrected chi connectivity index (χ1v) is 6.98. The number of benzene rings is 1. The van der Waals surface area contributed by atoms with Crippen LogP contribution in [0.5, 0.6) is 5.75 Å². The van der Waals surface area contributed by atoms with Crippen molar-refractivity contribution in [2.45, 2.75) is 37.8 Å². The number of hydrogen-bond donors (Lipinski definition) is 2. The fraction of sp³-hybridized carbons (Fsp3) is 0.600. The number of methoxy groups -OCH3 is 1. The molecule has 2 atom stereocenters. The summed E-state index contributed by atoms with van der Waals surface area (Å²) in [7, 11) is 3.54. The van der Waals surface area contributed by atoms with Gasteiger partial charge in [0.15, 0.2) is 0 Å². The lowest BCUT2D eigenvalue weighted by molar-refractivity contribution is 0.338. The fourth-order valence-corrected chi connectivity index (χ4v) is 2.79. The summed E-state index contributed by atoms with van der Waals surface area (Å²) in [6.45, 7) is 1.08. The van der Waals surface area contributed by atoms with Crippen molar-refractivity contribution in [3.63, 3.8) is 0 Å². The Morgan fingerprint density at radius 1 is 1.47 bits per heavy atom. The Labute approximate surface area is 114 Å². The van der Waals surface area contributed by atoms with Crippen LogP contribution in [0.1, 0.15) is 37.3 Å². The first-order valence-electron chi connectivity index (χ1n) is 6.98. The second kappa shape index (κ2) is 6.87. The third kappa shape index (κ3) is 3.67. The van der Waals surface area contributed by atoms with E-state index in [-0.39, 0.29) is 11.9 Å². The quantitative estimate of drug-likeness (QED) is 0.859. The summed E-state index contributed by atoms with van der Waals surface area (Å²) < 4.78 is 18.8. The molecule has 3 nitrogen and oxygen atoms in total. The predicted octanol–water partition coefficient (Wildman–Crippen LogP) is 2.63. The van der Waals surface area contributed by atoms with E-state index in [4.69, 9.17) is 4.74 Å². The number of hydrogen-bond acceptors (Lipinski definition) is 3. The van der Waals surface area contributed by atoms with Crippen molar-refractivity contribution in [2.75, 3.05) is 20.7 Å². The van der Waals surface area contributed by atoms with Gasteiger partial charge in [-0.1, -0.05) is 6.42 Å². The van der Waals surface area contributed by atoms with Crippen molar-refractivity contribution in [3.05, 3.63) is 29.6 Å². The van der Waals surface area contributed by atoms with Crippen LogP contribution in [0.3, 0.4) is 0 Å². The number of halogens is 1. The van der Waals surface area contributed by atoms with Crippen molar-refractivity contribution >= 4 is 0 Å². The molecule has 1 saturated heterocycles. The smallest absolute Gasteiger partial charge is 0.123 e. The predicted molar refractivity (Wildman–Crippen MR) is 75.0 cm³/mol. The van der Waals surface area contributed by atoms with Gasteiger partial charge in [-0.25, -0.2) is 4.39 Å². The zero-order valence-corrected chi connectivity index (χ0v) is 11.7. The molecule has 4 heteroatoms. The molecule has 2 rings (SSSR count). The Morgan fingerprint density at radius 3 is 2.95 bits per heavy atom. The van der Waals surface area contributed by atoms with Gasteiger partial charge in [0, 0.05) is 17.6 Å². The molecule has 19 heavy (non-hydrogen) atoms. The molecular formula is C15H23FN2O. The number of piperidine rings is 1. The summed E-state index contributed by atoms with van der Waals surface area (Å²) in [4.78, 5) is 0. The molecule has 1 fully saturated rings. The minimum atomic E-state index is -0.215. The molecule has 1 heterocycles. The highest BCUT2D eigenvalue weighted by Gasteiger charge is 2.21. The van der Waals surface area contributed by atoms with Crippen LogP contribution in [0, 0.1) is 5.82 Å². The van der Waals surface area contributed by atoms with E-state index in [2.05, 4.69) is 10.6 Å². The van der Waals surface area contributed by atoms with Gasteiger partial charge in [-0.3, -0.25) is 0 Å². The SMILES string of the molecule is CNC(CC1CCCCN1)c1cc(F)ccc1OC. The van der Waals surface area contributed by atoms with Gasteiger partial charge in [0.1, 0.15) is 11.6 Å². The number of ether oxygens (including phenoxy) is 1. The van der Waals surface area contributed by atoms with E-state index in [1.54, 1.807) is 19.2 Å². The average Bonchev–Trinajstić information content (AvgIpc) is 2.46. The standard InChI is InChI=1S/C15H23FN2O/c1-17-14(10-12-5-3-4-8-18-12)13-9-11(16)6-7-15(13)19-2/h6-7,9,12,14,17-18H,3-5,8,10H2,1-2H3. The van der Waals surface area contributed by atoms with Crippen LogP contribution in [-0.2, 0) is 0 Å². The number of rotatable bonds is 5. The van der Waals surface area contributed by atoms with Crippen LogP contribution in [0.2, 0.25) is 0 Å². The summed E-state index contributed by atoms with van der Waals surface area (Å²) in [6, 6.07) is 5.32. The van der Waals surface area contributed by atoms with Crippen molar-refractivity contribution in [1.29, 1.82) is 0 Å². The summed E-state index contributed by atoms with van der Waals surface area (Å²) >= 11 is 0. The molecule has 106 valence electrons. The summed E-state index contributed by atoms with van der Waals surface area (Å²) in [5.41, 5.74) is 0.900. The van der Waals surface area contributed by atoms with Crippen LogP contribution in [0.15, 0.2) is 18.2 Å². The second-order valence-electron chi connectivity index (χ2n) is 5.11. The van der Waals surface area contributed by atoms with E-state index in [0.29, 0.717) is 6.04 Å². The van der Waals surface area contributed by atoms with Gasteiger partial charge in [0.25, 0.3) is 0 Å². The molecular weight excluding hydrogens is 243 g/mol. The average molecular weight is 266 g/mol. The highest BCUT2D eigenvalue weighted by Crippen LogP contribution is 2.30. The molecule has 0 aromatic heterocycles. The van der Waals surface area contributed by atoms with Gasteiger partial charge in [-0.2, -0.15) is 0 Å².